The van der Waals surface area contributed by atoms with E-state index in [1.165, 1.54) is 32.1 Å². The Labute approximate surface area is 226 Å². The summed E-state index contributed by atoms with van der Waals surface area (Å²) in [5.74, 6) is 0.806. The van der Waals surface area contributed by atoms with Gasteiger partial charge < -0.3 is 4.90 Å². The Kier molecular flexibility index (Phi) is 8.11. The van der Waals surface area contributed by atoms with Crippen molar-refractivity contribution in [3.8, 4) is 0 Å². The molecule has 0 amide bonds. The fourth-order valence-electron chi connectivity index (χ4n) is 6.39. The molecule has 3 aromatic rings. The monoisotopic (exact) mass is 545 g/mol. The standard InChI is InChI=1S/C31H36F5N3/c1-39(2)30-24-7-3-4-8-26(24)37-27(38-30)9-5-6-19-10-12-20(13-11-19)16-22-18-23(22)17-21-14-15-25(31(34,35)36)29(33)28(21)32/h3-4,7-8,14-15,19-20,22-23H,5-6,9-13,16-18H2,1-2H3. The summed E-state index contributed by atoms with van der Waals surface area (Å²) < 4.78 is 66.6. The molecule has 2 aliphatic rings. The number of aromatic nitrogens is 2. The molecule has 2 atom stereocenters. The molecule has 0 N–H and O–H groups in total. The summed E-state index contributed by atoms with van der Waals surface area (Å²) in [7, 11) is 4.02. The molecule has 2 aliphatic carbocycles. The number of alkyl halides is 3. The first-order chi connectivity index (χ1) is 18.6. The highest BCUT2D eigenvalue weighted by Gasteiger charge is 2.41. The largest absolute Gasteiger partial charge is 0.419 e. The number of fused-ring (bicyclic) bond motifs is 1. The van der Waals surface area contributed by atoms with E-state index >= 15 is 0 Å². The highest BCUT2D eigenvalue weighted by Crippen LogP contribution is 2.48. The third kappa shape index (κ3) is 6.52. The second-order valence-corrected chi connectivity index (χ2v) is 11.7. The van der Waals surface area contributed by atoms with E-state index in [2.05, 4.69) is 6.07 Å². The van der Waals surface area contributed by atoms with Gasteiger partial charge in [0.2, 0.25) is 0 Å². The summed E-state index contributed by atoms with van der Waals surface area (Å²) in [6, 6.07) is 9.89. The maximum absolute atomic E-state index is 14.3. The number of nitrogens with zero attached hydrogens (tertiary/aromatic N) is 3. The van der Waals surface area contributed by atoms with Gasteiger partial charge >= 0.3 is 6.18 Å². The van der Waals surface area contributed by atoms with E-state index in [1.54, 1.807) is 0 Å². The second kappa shape index (κ2) is 11.4. The quantitative estimate of drug-likeness (QED) is 0.253. The van der Waals surface area contributed by atoms with Crippen molar-refractivity contribution in [2.24, 2.45) is 23.7 Å². The lowest BCUT2D eigenvalue weighted by atomic mass is 9.77. The first-order valence-electron chi connectivity index (χ1n) is 14.1. The van der Waals surface area contributed by atoms with Gasteiger partial charge in [0.15, 0.2) is 11.6 Å². The van der Waals surface area contributed by atoms with Crippen molar-refractivity contribution in [3.05, 3.63) is 65.0 Å². The van der Waals surface area contributed by atoms with E-state index < -0.39 is 23.4 Å². The fraction of sp³-hybridized carbons (Fsp3) is 0.548. The molecule has 2 saturated carbocycles. The summed E-state index contributed by atoms with van der Waals surface area (Å²) >= 11 is 0. The van der Waals surface area contributed by atoms with Gasteiger partial charge in [0.1, 0.15) is 11.6 Å². The highest BCUT2D eigenvalue weighted by molar-refractivity contribution is 5.89. The Bertz CT molecular complexity index is 1300. The van der Waals surface area contributed by atoms with Crippen LogP contribution in [0.3, 0.4) is 0 Å². The van der Waals surface area contributed by atoms with E-state index in [0.717, 1.165) is 54.3 Å². The Balaban J connectivity index is 1.05. The summed E-state index contributed by atoms with van der Waals surface area (Å²) in [5, 5.41) is 1.07. The molecule has 0 radical (unpaired) electrons. The van der Waals surface area contributed by atoms with Gasteiger partial charge in [0.25, 0.3) is 0 Å². The van der Waals surface area contributed by atoms with Crippen LogP contribution in [0.2, 0.25) is 0 Å². The number of hydrogen-bond acceptors (Lipinski definition) is 3. The van der Waals surface area contributed by atoms with Crippen LogP contribution in [0.15, 0.2) is 36.4 Å². The van der Waals surface area contributed by atoms with E-state index in [-0.39, 0.29) is 11.5 Å². The van der Waals surface area contributed by atoms with E-state index in [0.29, 0.717) is 30.2 Å². The lowest BCUT2D eigenvalue weighted by Gasteiger charge is -2.28. The van der Waals surface area contributed by atoms with Crippen molar-refractivity contribution in [2.45, 2.75) is 70.4 Å². The van der Waals surface area contributed by atoms with Crippen molar-refractivity contribution in [1.82, 2.24) is 9.97 Å². The zero-order valence-corrected chi connectivity index (χ0v) is 22.6. The van der Waals surface area contributed by atoms with Gasteiger partial charge in [-0.3, -0.25) is 0 Å². The number of anilines is 1. The van der Waals surface area contributed by atoms with Crippen LogP contribution < -0.4 is 4.90 Å². The van der Waals surface area contributed by atoms with Gasteiger partial charge in [-0.25, -0.2) is 18.7 Å². The molecule has 3 nitrogen and oxygen atoms in total. The van der Waals surface area contributed by atoms with Gasteiger partial charge in [-0.2, -0.15) is 13.2 Å². The minimum absolute atomic E-state index is 0.0600. The molecular formula is C31H36F5N3. The number of halogens is 5. The predicted molar refractivity (Wildman–Crippen MR) is 144 cm³/mol. The maximum atomic E-state index is 14.3. The molecule has 2 unspecified atom stereocenters. The third-order valence-electron chi connectivity index (χ3n) is 8.69. The maximum Gasteiger partial charge on any atom is 0.419 e. The predicted octanol–water partition coefficient (Wildman–Crippen LogP) is 8.39. The molecule has 0 bridgehead atoms. The minimum Gasteiger partial charge on any atom is -0.362 e. The van der Waals surface area contributed by atoms with Crippen LogP contribution in [0, 0.1) is 35.3 Å². The average Bonchev–Trinajstić information content (AvgIpc) is 3.63. The van der Waals surface area contributed by atoms with Crippen molar-refractivity contribution in [1.29, 1.82) is 0 Å². The fourth-order valence-corrected chi connectivity index (χ4v) is 6.39. The van der Waals surface area contributed by atoms with Gasteiger partial charge in [-0.05, 0) is 73.1 Å². The summed E-state index contributed by atoms with van der Waals surface area (Å²) in [5.41, 5.74) is -0.489. The molecule has 2 aromatic carbocycles. The van der Waals surface area contributed by atoms with Crippen molar-refractivity contribution < 1.29 is 22.0 Å². The molecule has 8 heteroatoms. The normalized spacial score (nSPS) is 23.3. The zero-order chi connectivity index (χ0) is 27.7. The van der Waals surface area contributed by atoms with Crippen LogP contribution in [0.4, 0.5) is 27.8 Å². The van der Waals surface area contributed by atoms with Crippen LogP contribution >= 0.6 is 0 Å². The molecule has 0 aliphatic heterocycles. The Morgan fingerprint density at radius 3 is 2.31 bits per heavy atom. The Hall–Kier alpha value is -2.77. The average molecular weight is 546 g/mol. The number of rotatable bonds is 9. The van der Waals surface area contributed by atoms with E-state index in [1.807, 2.05) is 37.2 Å². The highest BCUT2D eigenvalue weighted by atomic mass is 19.4. The minimum atomic E-state index is -4.88. The zero-order valence-electron chi connectivity index (χ0n) is 22.6. The van der Waals surface area contributed by atoms with Gasteiger partial charge in [0.05, 0.1) is 11.1 Å². The molecule has 1 aromatic heterocycles. The van der Waals surface area contributed by atoms with E-state index in [4.69, 9.17) is 9.97 Å². The van der Waals surface area contributed by atoms with Gasteiger partial charge in [0, 0.05) is 25.9 Å². The number of benzene rings is 2. The molecule has 5 rings (SSSR count). The topological polar surface area (TPSA) is 29.0 Å². The lowest BCUT2D eigenvalue weighted by molar-refractivity contribution is -0.140. The molecule has 0 saturated heterocycles. The number of hydrogen-bond donors (Lipinski definition) is 0. The second-order valence-electron chi connectivity index (χ2n) is 11.7. The SMILES string of the molecule is CN(C)c1nc(CCCC2CCC(CC3CC3Cc3ccc(C(F)(F)F)c(F)c3F)CC2)nc2ccccc12. The molecular weight excluding hydrogens is 509 g/mol. The third-order valence-corrected chi connectivity index (χ3v) is 8.69. The van der Waals surface area contributed by atoms with Crippen LogP contribution in [0.25, 0.3) is 10.9 Å². The van der Waals surface area contributed by atoms with E-state index in [9.17, 15) is 22.0 Å². The van der Waals surface area contributed by atoms with Crippen molar-refractivity contribution in [3.63, 3.8) is 0 Å². The summed E-state index contributed by atoms with van der Waals surface area (Å²) in [6.45, 7) is 0. The van der Waals surface area contributed by atoms with Crippen LogP contribution in [-0.2, 0) is 19.0 Å². The molecule has 1 heterocycles. The number of para-hydroxylation sites is 1. The first kappa shape index (κ1) is 27.8. The molecule has 2 fully saturated rings. The smallest absolute Gasteiger partial charge is 0.362 e. The summed E-state index contributed by atoms with van der Waals surface area (Å²) in [6.07, 6.45) is 5.37. The van der Waals surface area contributed by atoms with Crippen molar-refractivity contribution >= 4 is 16.7 Å². The Morgan fingerprint density at radius 2 is 1.59 bits per heavy atom. The molecule has 0 spiro atoms. The van der Waals surface area contributed by atoms with Crippen LogP contribution in [0.1, 0.15) is 68.3 Å². The van der Waals surface area contributed by atoms with Crippen LogP contribution in [0.5, 0.6) is 0 Å². The first-order valence-corrected chi connectivity index (χ1v) is 14.1. The Morgan fingerprint density at radius 1 is 0.872 bits per heavy atom. The molecule has 39 heavy (non-hydrogen) atoms. The lowest BCUT2D eigenvalue weighted by Crippen LogP contribution is -2.16. The number of aryl methyl sites for hydroxylation is 1. The van der Waals surface area contributed by atoms with Gasteiger partial charge in [-0.1, -0.05) is 50.3 Å². The summed E-state index contributed by atoms with van der Waals surface area (Å²) in [4.78, 5) is 11.6. The van der Waals surface area contributed by atoms with Gasteiger partial charge in [-0.15, -0.1) is 0 Å². The molecule has 210 valence electrons. The van der Waals surface area contributed by atoms with Crippen LogP contribution in [-0.4, -0.2) is 24.1 Å². The van der Waals surface area contributed by atoms with Crippen molar-refractivity contribution in [2.75, 3.05) is 19.0 Å².